The number of hydrogen-bond acceptors (Lipinski definition) is 3. The molecule has 0 saturated heterocycles. The summed E-state index contributed by atoms with van der Waals surface area (Å²) in [7, 11) is 0. The molecule has 1 aliphatic heterocycles. The van der Waals surface area contributed by atoms with Crippen LogP contribution in [-0.4, -0.2) is 13.2 Å². The Bertz CT molecular complexity index is 646. The van der Waals surface area contributed by atoms with Crippen molar-refractivity contribution in [3.63, 3.8) is 0 Å². The zero-order valence-electron chi connectivity index (χ0n) is 11.4. The van der Waals surface area contributed by atoms with E-state index >= 15 is 0 Å². The molecular formula is C16H15Cl2NO2. The smallest absolute Gasteiger partial charge is 0.179 e. The van der Waals surface area contributed by atoms with Gasteiger partial charge in [-0.3, -0.25) is 0 Å². The maximum atomic E-state index is 6.27. The fraction of sp³-hybridized carbons (Fsp3) is 0.250. The number of halogens is 2. The van der Waals surface area contributed by atoms with Gasteiger partial charge in [0, 0.05) is 13.0 Å². The van der Waals surface area contributed by atoms with Crippen molar-refractivity contribution < 1.29 is 9.47 Å². The second-order valence-electron chi connectivity index (χ2n) is 4.79. The molecule has 0 fully saturated rings. The van der Waals surface area contributed by atoms with Gasteiger partial charge in [0.15, 0.2) is 11.5 Å². The highest BCUT2D eigenvalue weighted by atomic mass is 35.5. The lowest BCUT2D eigenvalue weighted by molar-refractivity contribution is 0.297. The SMILES string of the molecule is Clc1ccccc1NCc1cc(Cl)c2c(c1)OCCCO2. The van der Waals surface area contributed by atoms with E-state index in [4.69, 9.17) is 32.7 Å². The van der Waals surface area contributed by atoms with Crippen LogP contribution in [0, 0.1) is 0 Å². The standard InChI is InChI=1S/C16H15Cl2NO2/c17-12-4-1-2-5-14(12)19-10-11-8-13(18)16-15(9-11)20-6-3-7-21-16/h1-2,4-5,8-9,19H,3,6-7,10H2. The summed E-state index contributed by atoms with van der Waals surface area (Å²) in [6, 6.07) is 11.5. The normalized spacial score (nSPS) is 13.6. The van der Waals surface area contributed by atoms with Crippen molar-refractivity contribution in [2.45, 2.75) is 13.0 Å². The quantitative estimate of drug-likeness (QED) is 0.882. The van der Waals surface area contributed by atoms with Crippen molar-refractivity contribution in [2.75, 3.05) is 18.5 Å². The average molecular weight is 324 g/mol. The van der Waals surface area contributed by atoms with Gasteiger partial charge in [-0.2, -0.15) is 0 Å². The summed E-state index contributed by atoms with van der Waals surface area (Å²) < 4.78 is 11.3. The van der Waals surface area contributed by atoms with Gasteiger partial charge in [0.25, 0.3) is 0 Å². The maximum Gasteiger partial charge on any atom is 0.179 e. The Kier molecular flexibility index (Phi) is 4.42. The van der Waals surface area contributed by atoms with Crippen LogP contribution >= 0.6 is 23.2 Å². The van der Waals surface area contributed by atoms with E-state index in [-0.39, 0.29) is 0 Å². The van der Waals surface area contributed by atoms with Crippen LogP contribution in [-0.2, 0) is 6.54 Å². The van der Waals surface area contributed by atoms with Gasteiger partial charge in [-0.1, -0.05) is 35.3 Å². The van der Waals surface area contributed by atoms with Crippen LogP contribution in [0.15, 0.2) is 36.4 Å². The molecule has 21 heavy (non-hydrogen) atoms. The first kappa shape index (κ1) is 14.4. The third-order valence-electron chi connectivity index (χ3n) is 3.22. The molecule has 110 valence electrons. The van der Waals surface area contributed by atoms with Crippen molar-refractivity contribution in [3.8, 4) is 11.5 Å². The molecule has 3 nitrogen and oxygen atoms in total. The van der Waals surface area contributed by atoms with Gasteiger partial charge >= 0.3 is 0 Å². The molecule has 2 aromatic rings. The first-order valence-corrected chi connectivity index (χ1v) is 7.56. The summed E-state index contributed by atoms with van der Waals surface area (Å²) in [6.07, 6.45) is 0.859. The molecule has 0 spiro atoms. The van der Waals surface area contributed by atoms with E-state index in [0.717, 1.165) is 17.7 Å². The number of fused-ring (bicyclic) bond motifs is 1. The molecule has 0 saturated carbocycles. The summed E-state index contributed by atoms with van der Waals surface area (Å²) in [5, 5.41) is 4.56. The van der Waals surface area contributed by atoms with E-state index in [1.807, 2.05) is 36.4 Å². The van der Waals surface area contributed by atoms with Gasteiger partial charge in [0.1, 0.15) is 0 Å². The van der Waals surface area contributed by atoms with Crippen molar-refractivity contribution in [3.05, 3.63) is 52.0 Å². The summed E-state index contributed by atoms with van der Waals surface area (Å²) in [6.45, 7) is 1.88. The molecule has 1 aliphatic rings. The van der Waals surface area contributed by atoms with Crippen LogP contribution in [0.3, 0.4) is 0 Å². The molecule has 0 bridgehead atoms. The molecule has 0 atom stereocenters. The predicted molar refractivity (Wildman–Crippen MR) is 85.8 cm³/mol. The molecule has 0 aromatic heterocycles. The maximum absolute atomic E-state index is 6.27. The van der Waals surface area contributed by atoms with Crippen LogP contribution in [0.25, 0.3) is 0 Å². The van der Waals surface area contributed by atoms with E-state index in [1.165, 1.54) is 0 Å². The van der Waals surface area contributed by atoms with Crippen molar-refractivity contribution >= 4 is 28.9 Å². The number of ether oxygens (including phenoxy) is 2. The second kappa shape index (κ2) is 6.46. The minimum Gasteiger partial charge on any atom is -0.489 e. The van der Waals surface area contributed by atoms with Gasteiger partial charge in [-0.05, 0) is 29.8 Å². The number of benzene rings is 2. The Morgan fingerprint density at radius 1 is 1.00 bits per heavy atom. The van der Waals surface area contributed by atoms with E-state index in [9.17, 15) is 0 Å². The zero-order valence-corrected chi connectivity index (χ0v) is 12.9. The van der Waals surface area contributed by atoms with E-state index in [2.05, 4.69) is 5.32 Å². The van der Waals surface area contributed by atoms with Gasteiger partial charge in [0.2, 0.25) is 0 Å². The fourth-order valence-electron chi connectivity index (χ4n) is 2.19. The number of hydrogen-bond donors (Lipinski definition) is 1. The van der Waals surface area contributed by atoms with Gasteiger partial charge in [-0.25, -0.2) is 0 Å². The van der Waals surface area contributed by atoms with Crippen LogP contribution in [0.5, 0.6) is 11.5 Å². The molecule has 0 radical (unpaired) electrons. The molecule has 0 amide bonds. The lowest BCUT2D eigenvalue weighted by Gasteiger charge is -2.13. The Labute approximate surface area is 133 Å². The molecule has 0 unspecified atom stereocenters. The minimum absolute atomic E-state index is 0.574. The number of anilines is 1. The van der Waals surface area contributed by atoms with Crippen LogP contribution < -0.4 is 14.8 Å². The van der Waals surface area contributed by atoms with Gasteiger partial charge in [0.05, 0.1) is 28.9 Å². The zero-order chi connectivity index (χ0) is 14.7. The topological polar surface area (TPSA) is 30.5 Å². The highest BCUT2D eigenvalue weighted by molar-refractivity contribution is 6.33. The third kappa shape index (κ3) is 3.36. The Morgan fingerprint density at radius 3 is 2.67 bits per heavy atom. The minimum atomic E-state index is 0.574. The summed E-state index contributed by atoms with van der Waals surface area (Å²) >= 11 is 12.4. The Morgan fingerprint density at radius 2 is 1.81 bits per heavy atom. The van der Waals surface area contributed by atoms with E-state index in [0.29, 0.717) is 41.3 Å². The molecule has 2 aromatic carbocycles. The lowest BCUT2D eigenvalue weighted by atomic mass is 10.2. The van der Waals surface area contributed by atoms with E-state index < -0.39 is 0 Å². The van der Waals surface area contributed by atoms with Gasteiger partial charge in [-0.15, -0.1) is 0 Å². The molecule has 1 N–H and O–H groups in total. The fourth-order valence-corrected chi connectivity index (χ4v) is 2.68. The molecule has 1 heterocycles. The number of rotatable bonds is 3. The molecule has 0 aliphatic carbocycles. The molecular weight excluding hydrogens is 309 g/mol. The van der Waals surface area contributed by atoms with Crippen molar-refractivity contribution in [1.29, 1.82) is 0 Å². The Balaban J connectivity index is 1.79. The van der Waals surface area contributed by atoms with Crippen LogP contribution in [0.2, 0.25) is 10.0 Å². The predicted octanol–water partition coefficient (Wildman–Crippen LogP) is 4.77. The van der Waals surface area contributed by atoms with E-state index in [1.54, 1.807) is 0 Å². The van der Waals surface area contributed by atoms with Crippen molar-refractivity contribution in [1.82, 2.24) is 0 Å². The third-order valence-corrected chi connectivity index (χ3v) is 3.83. The van der Waals surface area contributed by atoms with Crippen LogP contribution in [0.4, 0.5) is 5.69 Å². The summed E-state index contributed by atoms with van der Waals surface area (Å²) in [5.41, 5.74) is 1.91. The van der Waals surface area contributed by atoms with Crippen LogP contribution in [0.1, 0.15) is 12.0 Å². The highest BCUT2D eigenvalue weighted by Crippen LogP contribution is 2.38. The largest absolute Gasteiger partial charge is 0.489 e. The number of para-hydroxylation sites is 1. The average Bonchev–Trinajstić information content (AvgIpc) is 2.72. The molecule has 3 rings (SSSR count). The van der Waals surface area contributed by atoms with Crippen molar-refractivity contribution in [2.24, 2.45) is 0 Å². The summed E-state index contributed by atoms with van der Waals surface area (Å²) in [4.78, 5) is 0. The molecule has 5 heteroatoms. The van der Waals surface area contributed by atoms with Gasteiger partial charge < -0.3 is 14.8 Å². The Hall–Kier alpha value is -1.58. The first-order valence-electron chi connectivity index (χ1n) is 6.80. The number of nitrogens with one attached hydrogen (secondary N) is 1. The highest BCUT2D eigenvalue weighted by Gasteiger charge is 2.15. The summed E-state index contributed by atoms with van der Waals surface area (Å²) in [5.74, 6) is 1.34. The first-order chi connectivity index (χ1) is 10.2. The monoisotopic (exact) mass is 323 g/mol. The lowest BCUT2D eigenvalue weighted by Crippen LogP contribution is -2.01. The second-order valence-corrected chi connectivity index (χ2v) is 5.60.